The summed E-state index contributed by atoms with van der Waals surface area (Å²) in [6.45, 7) is 40.8. The highest BCUT2D eigenvalue weighted by atomic mass is 15.2. The van der Waals surface area contributed by atoms with Crippen LogP contribution in [0.4, 0.5) is 51.2 Å². The van der Waals surface area contributed by atoms with E-state index in [-0.39, 0.29) is 44.6 Å². The predicted octanol–water partition coefficient (Wildman–Crippen LogP) is 18.7. The summed E-state index contributed by atoms with van der Waals surface area (Å²) in [6, 6.07) is 64.2. The fourth-order valence-corrected chi connectivity index (χ4v) is 14.9. The highest BCUT2D eigenvalue weighted by Crippen LogP contribution is 2.56. The summed E-state index contributed by atoms with van der Waals surface area (Å²) < 4.78 is 0. The Hall–Kier alpha value is -6.78. The summed E-state index contributed by atoms with van der Waals surface area (Å²) in [5.41, 5.74) is 27.0. The molecule has 8 aromatic carbocycles. The van der Waals surface area contributed by atoms with Crippen molar-refractivity contribution in [3.05, 3.63) is 203 Å². The van der Waals surface area contributed by atoms with Crippen LogP contribution < -0.4 is 31.1 Å². The number of nitrogens with zero attached hydrogens (tertiary/aromatic N) is 3. The minimum Gasteiger partial charge on any atom is -0.311 e. The minimum atomic E-state index is -0.0749. The number of hydrogen-bond donors (Lipinski definition) is 0. The van der Waals surface area contributed by atoms with E-state index in [1.165, 1.54) is 101 Å². The van der Waals surface area contributed by atoms with Crippen LogP contribution in [0.2, 0.25) is 0 Å². The van der Waals surface area contributed by atoms with Gasteiger partial charge in [0.15, 0.2) is 0 Å². The molecule has 12 rings (SSSR count). The van der Waals surface area contributed by atoms with Crippen molar-refractivity contribution in [3.8, 4) is 11.1 Å². The molecule has 78 heavy (non-hydrogen) atoms. The van der Waals surface area contributed by atoms with Gasteiger partial charge in [-0.1, -0.05) is 209 Å². The Morgan fingerprint density at radius 2 is 0.872 bits per heavy atom. The minimum absolute atomic E-state index is 0.00490. The molecule has 2 aliphatic heterocycles. The van der Waals surface area contributed by atoms with E-state index in [4.69, 9.17) is 0 Å². The molecule has 0 saturated carbocycles. The molecule has 0 bridgehead atoms. The van der Waals surface area contributed by atoms with Crippen LogP contribution in [-0.4, -0.2) is 6.71 Å². The number of benzene rings is 8. The van der Waals surface area contributed by atoms with Crippen LogP contribution in [0.1, 0.15) is 169 Å². The van der Waals surface area contributed by atoms with Gasteiger partial charge in [0.2, 0.25) is 0 Å². The Bertz CT molecular complexity index is 3660. The number of fused-ring (bicyclic) bond motifs is 6. The van der Waals surface area contributed by atoms with Crippen LogP contribution in [-0.2, 0) is 37.9 Å². The zero-order valence-electron chi connectivity index (χ0n) is 49.9. The maximum Gasteiger partial charge on any atom is 0.252 e. The van der Waals surface area contributed by atoms with Crippen LogP contribution in [0.15, 0.2) is 164 Å². The molecule has 4 aliphatic rings. The second-order valence-corrected chi connectivity index (χ2v) is 29.4. The van der Waals surface area contributed by atoms with Gasteiger partial charge < -0.3 is 14.7 Å². The average Bonchev–Trinajstić information content (AvgIpc) is 3.71. The molecule has 2 heterocycles. The van der Waals surface area contributed by atoms with E-state index >= 15 is 0 Å². The molecule has 0 aromatic heterocycles. The van der Waals surface area contributed by atoms with Crippen LogP contribution in [0.3, 0.4) is 0 Å². The topological polar surface area (TPSA) is 9.72 Å². The first-order valence-electron chi connectivity index (χ1n) is 29.0. The van der Waals surface area contributed by atoms with Gasteiger partial charge in [0.05, 0.1) is 11.4 Å². The Labute approximate surface area is 468 Å². The molecule has 0 unspecified atom stereocenters. The van der Waals surface area contributed by atoms with E-state index in [0.29, 0.717) is 0 Å². The van der Waals surface area contributed by atoms with Crippen molar-refractivity contribution < 1.29 is 0 Å². The number of anilines is 9. The molecular weight excluding hydrogens is 942 g/mol. The number of rotatable bonds is 6. The molecule has 0 spiro atoms. The van der Waals surface area contributed by atoms with Crippen LogP contribution in [0, 0.1) is 0 Å². The van der Waals surface area contributed by atoms with Crippen molar-refractivity contribution >= 4 is 74.3 Å². The Morgan fingerprint density at radius 1 is 0.372 bits per heavy atom. The third-order valence-corrected chi connectivity index (χ3v) is 18.4. The zero-order valence-corrected chi connectivity index (χ0v) is 49.9. The SMILES string of the molecule is CC(C)(C)c1cccc(N2c3cc(C(C)(C)C)ccc3B3c4cc5c(cc4N(c4ccc(C(C)(C)C)cc4-c4ccc6c(c4)C(C)(C)CC6(C)C)c4cc(N(c6ccccc6)c6ccccc6)cc2c43)C(C)(C)CC5(C)C)c1. The Balaban J connectivity index is 1.26. The number of hydrogen-bond acceptors (Lipinski definition) is 3. The molecule has 3 nitrogen and oxygen atoms in total. The van der Waals surface area contributed by atoms with Crippen LogP contribution in [0.5, 0.6) is 0 Å². The van der Waals surface area contributed by atoms with Gasteiger partial charge in [-0.2, -0.15) is 0 Å². The van der Waals surface area contributed by atoms with Crippen LogP contribution >= 0.6 is 0 Å². The summed E-state index contributed by atoms with van der Waals surface area (Å²) >= 11 is 0. The molecule has 8 aromatic rings. The summed E-state index contributed by atoms with van der Waals surface area (Å²) in [5, 5.41) is 0. The molecule has 0 atom stereocenters. The fraction of sp³-hybridized carbons (Fsp3) is 0.351. The molecule has 0 N–H and O–H groups in total. The lowest BCUT2D eigenvalue weighted by molar-refractivity contribution is 0.403. The van der Waals surface area contributed by atoms with Crippen molar-refractivity contribution in [2.45, 2.75) is 168 Å². The number of para-hydroxylation sites is 2. The van der Waals surface area contributed by atoms with E-state index in [1.807, 2.05) is 0 Å². The fourth-order valence-electron chi connectivity index (χ4n) is 14.9. The van der Waals surface area contributed by atoms with Gasteiger partial charge in [0.1, 0.15) is 0 Å². The van der Waals surface area contributed by atoms with Crippen molar-refractivity contribution in [3.63, 3.8) is 0 Å². The lowest BCUT2D eigenvalue weighted by Crippen LogP contribution is -2.61. The highest BCUT2D eigenvalue weighted by molar-refractivity contribution is 7.00. The lowest BCUT2D eigenvalue weighted by atomic mass is 9.33. The van der Waals surface area contributed by atoms with Gasteiger partial charge in [-0.05, 0) is 184 Å². The second-order valence-electron chi connectivity index (χ2n) is 29.4. The Kier molecular flexibility index (Phi) is 11.6. The first-order valence-corrected chi connectivity index (χ1v) is 29.0. The molecule has 0 amide bonds. The molecule has 396 valence electrons. The molecule has 0 saturated heterocycles. The third kappa shape index (κ3) is 8.37. The van der Waals surface area contributed by atoms with Crippen molar-refractivity contribution in [2.75, 3.05) is 14.7 Å². The molecule has 0 fully saturated rings. The Morgan fingerprint density at radius 3 is 1.46 bits per heavy atom. The van der Waals surface area contributed by atoms with Gasteiger partial charge in [-0.15, -0.1) is 0 Å². The summed E-state index contributed by atoms with van der Waals surface area (Å²) in [5.74, 6) is 0. The van der Waals surface area contributed by atoms with Gasteiger partial charge >= 0.3 is 0 Å². The van der Waals surface area contributed by atoms with Gasteiger partial charge in [-0.3, -0.25) is 0 Å². The summed E-state index contributed by atoms with van der Waals surface area (Å²) in [6.07, 6.45) is 2.21. The third-order valence-electron chi connectivity index (χ3n) is 18.4. The largest absolute Gasteiger partial charge is 0.311 e. The monoisotopic (exact) mass is 1020 g/mol. The summed E-state index contributed by atoms with van der Waals surface area (Å²) in [7, 11) is 0. The average molecular weight is 1020 g/mol. The van der Waals surface area contributed by atoms with E-state index in [0.717, 1.165) is 29.9 Å². The van der Waals surface area contributed by atoms with E-state index in [9.17, 15) is 0 Å². The standard InChI is InChI=1S/C74H82BN3/c1-68(2,3)48-25-24-30-53(38-48)77-63-40-50(70(7,8)9)32-35-60(63)75-61-43-58-59(74(16,17)46-73(58,14)15)44-64(61)78(66-42-54(41-65(77)67(66)75)76(51-26-20-18-21-27-51)52-28-22-19-23-29-52)62-36-33-49(69(4,5)6)39-55(62)47-31-34-56-57(37-47)72(12,13)45-71(56,10)11/h18-44H,45-46H2,1-17H3. The van der Waals surface area contributed by atoms with E-state index in [1.54, 1.807) is 0 Å². The van der Waals surface area contributed by atoms with Crippen LogP contribution in [0.25, 0.3) is 11.1 Å². The molecular formula is C74H82BN3. The smallest absolute Gasteiger partial charge is 0.252 e. The predicted molar refractivity (Wildman–Crippen MR) is 338 cm³/mol. The normalized spacial score (nSPS) is 17.3. The molecule has 2 aliphatic carbocycles. The lowest BCUT2D eigenvalue weighted by Gasteiger charge is -2.46. The first kappa shape index (κ1) is 52.0. The highest BCUT2D eigenvalue weighted by Gasteiger charge is 2.49. The zero-order chi connectivity index (χ0) is 55.4. The first-order chi connectivity index (χ1) is 36.5. The van der Waals surface area contributed by atoms with Gasteiger partial charge in [0.25, 0.3) is 6.71 Å². The van der Waals surface area contributed by atoms with Crippen molar-refractivity contribution in [1.29, 1.82) is 0 Å². The summed E-state index contributed by atoms with van der Waals surface area (Å²) in [4.78, 5) is 7.85. The quantitative estimate of drug-likeness (QED) is 0.154. The van der Waals surface area contributed by atoms with E-state index in [2.05, 4.69) is 296 Å². The van der Waals surface area contributed by atoms with E-state index < -0.39 is 0 Å². The maximum absolute atomic E-state index is 2.73. The second kappa shape index (κ2) is 17.4. The maximum atomic E-state index is 2.73. The van der Waals surface area contributed by atoms with Gasteiger partial charge in [-0.25, -0.2) is 0 Å². The van der Waals surface area contributed by atoms with Crippen molar-refractivity contribution in [1.82, 2.24) is 0 Å². The van der Waals surface area contributed by atoms with Gasteiger partial charge in [0, 0.05) is 45.4 Å². The molecule has 0 radical (unpaired) electrons. The molecule has 4 heteroatoms. The van der Waals surface area contributed by atoms with Crippen molar-refractivity contribution in [2.24, 2.45) is 0 Å².